The lowest BCUT2D eigenvalue weighted by Crippen LogP contribution is -1.99. The highest BCUT2D eigenvalue weighted by Gasteiger charge is 2.09. The number of benzene rings is 1. The molecule has 0 aliphatic rings. The van der Waals surface area contributed by atoms with Gasteiger partial charge < -0.3 is 0 Å². The molecule has 0 N–H and O–H groups in total. The first-order valence-electron chi connectivity index (χ1n) is 6.99. The smallest absolute Gasteiger partial charge is 0.223 e. The Kier molecular flexibility index (Phi) is 3.28. The first-order valence-corrected chi connectivity index (χ1v) is 6.99. The maximum absolute atomic E-state index is 4.38. The maximum atomic E-state index is 4.38. The van der Waals surface area contributed by atoms with Gasteiger partial charge in [0.25, 0.3) is 0 Å². The number of tetrazole rings is 1. The molecule has 0 atom stereocenters. The molecule has 4 aromatic rings. The number of hydrogen-bond acceptors (Lipinski definition) is 6. The van der Waals surface area contributed by atoms with Crippen LogP contribution in [-0.4, -0.2) is 35.2 Å². The molecule has 7 heteroatoms. The van der Waals surface area contributed by atoms with Gasteiger partial charge in [-0.2, -0.15) is 0 Å². The Morgan fingerprint density at radius 3 is 2.43 bits per heavy atom. The normalized spacial score (nSPS) is 10.6. The van der Waals surface area contributed by atoms with Crippen molar-refractivity contribution in [3.05, 3.63) is 67.1 Å². The number of hydrogen-bond donors (Lipinski definition) is 0. The summed E-state index contributed by atoms with van der Waals surface area (Å²) in [7, 11) is 0. The molecule has 3 aromatic heterocycles. The van der Waals surface area contributed by atoms with Gasteiger partial charge in [0.2, 0.25) is 5.82 Å². The van der Waals surface area contributed by atoms with Crippen molar-refractivity contribution < 1.29 is 0 Å². The van der Waals surface area contributed by atoms with E-state index in [4.69, 9.17) is 0 Å². The molecule has 0 bridgehead atoms. The lowest BCUT2D eigenvalue weighted by atomic mass is 10.2. The zero-order chi connectivity index (χ0) is 15.5. The number of nitrogens with zero attached hydrogens (tertiary/aromatic N) is 7. The van der Waals surface area contributed by atoms with Gasteiger partial charge in [-0.1, -0.05) is 18.2 Å². The lowest BCUT2D eigenvalue weighted by molar-refractivity contribution is 0.720. The molecule has 0 saturated heterocycles. The van der Waals surface area contributed by atoms with Gasteiger partial charge in [0, 0.05) is 24.2 Å². The summed E-state index contributed by atoms with van der Waals surface area (Å²) in [6, 6.07) is 15.0. The second kappa shape index (κ2) is 5.72. The van der Waals surface area contributed by atoms with Crippen molar-refractivity contribution in [1.82, 2.24) is 35.2 Å². The monoisotopic (exact) mass is 301 g/mol. The van der Waals surface area contributed by atoms with Crippen LogP contribution in [0.5, 0.6) is 0 Å². The maximum Gasteiger partial charge on any atom is 0.223 e. The highest BCUT2D eigenvalue weighted by Crippen LogP contribution is 2.18. The molecule has 23 heavy (non-hydrogen) atoms. The highest BCUT2D eigenvalue weighted by molar-refractivity contribution is 5.58. The largest absolute Gasteiger partial charge is 0.253 e. The minimum absolute atomic E-state index is 0.479. The summed E-state index contributed by atoms with van der Waals surface area (Å²) in [5.74, 6) is 1.13. The SMILES string of the molecule is c1ccc(-c2nnn(-c3cccc(-c4ncccn4)c3)n2)nc1. The first-order chi connectivity index (χ1) is 11.4. The molecule has 110 valence electrons. The fraction of sp³-hybridized carbons (Fsp3) is 0. The number of rotatable bonds is 3. The van der Waals surface area contributed by atoms with Crippen molar-refractivity contribution in [2.75, 3.05) is 0 Å². The molecular weight excluding hydrogens is 290 g/mol. The predicted molar refractivity (Wildman–Crippen MR) is 83.4 cm³/mol. The molecule has 1 aromatic carbocycles. The molecule has 0 radical (unpaired) electrons. The predicted octanol–water partition coefficient (Wildman–Crippen LogP) is 2.18. The second-order valence-corrected chi connectivity index (χ2v) is 4.74. The summed E-state index contributed by atoms with van der Waals surface area (Å²) in [4.78, 5) is 14.2. The van der Waals surface area contributed by atoms with Crippen LogP contribution in [0.25, 0.3) is 28.6 Å². The Morgan fingerprint density at radius 2 is 1.61 bits per heavy atom. The number of aromatic nitrogens is 7. The van der Waals surface area contributed by atoms with E-state index in [1.807, 2.05) is 42.5 Å². The quantitative estimate of drug-likeness (QED) is 0.577. The third kappa shape index (κ3) is 2.67. The van der Waals surface area contributed by atoms with Crippen LogP contribution < -0.4 is 0 Å². The topological polar surface area (TPSA) is 82.3 Å². The van der Waals surface area contributed by atoms with E-state index in [1.54, 1.807) is 24.7 Å². The Balaban J connectivity index is 1.71. The van der Waals surface area contributed by atoms with Crippen molar-refractivity contribution >= 4 is 0 Å². The Morgan fingerprint density at radius 1 is 0.739 bits per heavy atom. The minimum atomic E-state index is 0.479. The van der Waals surface area contributed by atoms with Gasteiger partial charge in [0.15, 0.2) is 5.82 Å². The van der Waals surface area contributed by atoms with Gasteiger partial charge in [0.1, 0.15) is 5.69 Å². The van der Waals surface area contributed by atoms with Crippen molar-refractivity contribution in [2.24, 2.45) is 0 Å². The van der Waals surface area contributed by atoms with Gasteiger partial charge >= 0.3 is 0 Å². The summed E-state index contributed by atoms with van der Waals surface area (Å²) in [5, 5.41) is 12.5. The van der Waals surface area contributed by atoms with Crippen molar-refractivity contribution in [1.29, 1.82) is 0 Å². The van der Waals surface area contributed by atoms with Crippen molar-refractivity contribution in [3.63, 3.8) is 0 Å². The second-order valence-electron chi connectivity index (χ2n) is 4.74. The summed E-state index contributed by atoms with van der Waals surface area (Å²) in [6.45, 7) is 0. The van der Waals surface area contributed by atoms with Crippen LogP contribution in [0.15, 0.2) is 67.1 Å². The van der Waals surface area contributed by atoms with Crippen LogP contribution in [0.1, 0.15) is 0 Å². The average molecular weight is 301 g/mol. The molecule has 4 rings (SSSR count). The van der Waals surface area contributed by atoms with Gasteiger partial charge in [-0.05, 0) is 35.5 Å². The fourth-order valence-electron chi connectivity index (χ4n) is 2.14. The zero-order valence-electron chi connectivity index (χ0n) is 12.0. The summed E-state index contributed by atoms with van der Waals surface area (Å²) in [6.07, 6.45) is 5.12. The molecule has 0 saturated carbocycles. The van der Waals surface area contributed by atoms with Crippen molar-refractivity contribution in [2.45, 2.75) is 0 Å². The van der Waals surface area contributed by atoms with Crippen LogP contribution in [0.4, 0.5) is 0 Å². The minimum Gasteiger partial charge on any atom is -0.253 e. The van der Waals surface area contributed by atoms with Crippen LogP contribution >= 0.6 is 0 Å². The molecule has 3 heterocycles. The van der Waals surface area contributed by atoms with Gasteiger partial charge in [0.05, 0.1) is 5.69 Å². The molecule has 7 nitrogen and oxygen atoms in total. The van der Waals surface area contributed by atoms with E-state index in [2.05, 4.69) is 30.4 Å². The summed E-state index contributed by atoms with van der Waals surface area (Å²) < 4.78 is 0. The summed E-state index contributed by atoms with van der Waals surface area (Å²) in [5.41, 5.74) is 2.35. The van der Waals surface area contributed by atoms with E-state index < -0.39 is 0 Å². The molecular formula is C16H11N7. The molecule has 0 aliphatic heterocycles. The van der Waals surface area contributed by atoms with E-state index in [9.17, 15) is 0 Å². The van der Waals surface area contributed by atoms with Gasteiger partial charge in [-0.15, -0.1) is 15.0 Å². The van der Waals surface area contributed by atoms with Crippen LogP contribution in [0.3, 0.4) is 0 Å². The van der Waals surface area contributed by atoms with E-state index in [-0.39, 0.29) is 0 Å². The summed E-state index contributed by atoms with van der Waals surface area (Å²) >= 11 is 0. The Bertz CT molecular complexity index is 919. The zero-order valence-corrected chi connectivity index (χ0v) is 12.0. The molecule has 0 unspecified atom stereocenters. The Hall–Kier alpha value is -3.48. The molecule has 0 aliphatic carbocycles. The number of pyridine rings is 1. The van der Waals surface area contributed by atoms with E-state index in [0.29, 0.717) is 17.3 Å². The van der Waals surface area contributed by atoms with Crippen LogP contribution in [0.2, 0.25) is 0 Å². The average Bonchev–Trinajstić information content (AvgIpc) is 3.14. The molecule has 0 amide bonds. The van der Waals surface area contributed by atoms with Gasteiger partial charge in [-0.3, -0.25) is 4.98 Å². The molecule has 0 fully saturated rings. The standard InChI is InChI=1S/C16H11N7/c1-2-8-17-14(7-1)16-20-22-23(21-16)13-6-3-5-12(11-13)15-18-9-4-10-19-15/h1-11H. The van der Waals surface area contributed by atoms with Crippen LogP contribution in [-0.2, 0) is 0 Å². The van der Waals surface area contributed by atoms with Crippen molar-refractivity contribution in [3.8, 4) is 28.6 Å². The highest BCUT2D eigenvalue weighted by atomic mass is 15.6. The first kappa shape index (κ1) is 13.2. The van der Waals surface area contributed by atoms with Crippen LogP contribution in [0, 0.1) is 0 Å². The third-order valence-electron chi connectivity index (χ3n) is 3.21. The lowest BCUT2D eigenvalue weighted by Gasteiger charge is -2.02. The van der Waals surface area contributed by atoms with E-state index in [0.717, 1.165) is 11.3 Å². The fourth-order valence-corrected chi connectivity index (χ4v) is 2.14. The third-order valence-corrected chi connectivity index (χ3v) is 3.21. The Labute approximate surface area is 131 Å². The molecule has 0 spiro atoms. The van der Waals surface area contributed by atoms with Gasteiger partial charge in [-0.25, -0.2) is 9.97 Å². The van der Waals surface area contributed by atoms with E-state index in [1.165, 1.54) is 4.80 Å². The van der Waals surface area contributed by atoms with E-state index >= 15 is 0 Å².